The zero-order valence-electron chi connectivity index (χ0n) is 15.8. The maximum absolute atomic E-state index is 12.8. The number of Topliss-reactive ketones (excluding diaryl/α,β-unsaturated/α-hetero) is 1. The topological polar surface area (TPSA) is 73.9 Å². The molecule has 0 saturated carbocycles. The molecule has 0 spiro atoms. The van der Waals surface area contributed by atoms with Crippen molar-refractivity contribution < 1.29 is 23.8 Å². The van der Waals surface area contributed by atoms with Gasteiger partial charge in [-0.2, -0.15) is 0 Å². The maximum atomic E-state index is 12.8. The van der Waals surface area contributed by atoms with E-state index in [1.807, 2.05) is 13.0 Å². The summed E-state index contributed by atoms with van der Waals surface area (Å²) in [6.45, 7) is 1.83. The Labute approximate surface area is 166 Å². The van der Waals surface area contributed by atoms with E-state index in [0.29, 0.717) is 34.8 Å². The lowest BCUT2D eigenvalue weighted by Gasteiger charge is -2.34. The Morgan fingerprint density at radius 1 is 1.15 bits per heavy atom. The number of carbonyl (C=O) groups excluding carboxylic acids is 2. The van der Waals surface area contributed by atoms with Gasteiger partial charge in [-0.1, -0.05) is 15.9 Å². The van der Waals surface area contributed by atoms with Crippen molar-refractivity contribution in [1.29, 1.82) is 0 Å². The molecule has 27 heavy (non-hydrogen) atoms. The fourth-order valence-corrected chi connectivity index (χ4v) is 4.32. The average molecular weight is 436 g/mol. The number of nitrogens with one attached hydrogen (secondary N) is 1. The van der Waals surface area contributed by atoms with Crippen LogP contribution in [0, 0.1) is 0 Å². The second-order valence-electron chi connectivity index (χ2n) is 6.49. The van der Waals surface area contributed by atoms with Gasteiger partial charge in [-0.3, -0.25) is 4.79 Å². The zero-order valence-corrected chi connectivity index (χ0v) is 17.4. The zero-order chi connectivity index (χ0) is 19.7. The smallest absolute Gasteiger partial charge is 0.336 e. The number of esters is 1. The largest absolute Gasteiger partial charge is 0.493 e. The number of hydrogen-bond acceptors (Lipinski definition) is 6. The Bertz CT molecular complexity index is 871. The van der Waals surface area contributed by atoms with Gasteiger partial charge in [0, 0.05) is 33.8 Å². The van der Waals surface area contributed by atoms with Gasteiger partial charge in [-0.25, -0.2) is 4.79 Å². The van der Waals surface area contributed by atoms with Crippen LogP contribution in [0.4, 0.5) is 0 Å². The molecule has 1 heterocycles. The van der Waals surface area contributed by atoms with Gasteiger partial charge in [0.25, 0.3) is 0 Å². The first-order valence-electron chi connectivity index (χ1n) is 8.66. The van der Waals surface area contributed by atoms with E-state index >= 15 is 0 Å². The molecule has 0 amide bonds. The first-order valence-corrected chi connectivity index (χ1v) is 9.46. The summed E-state index contributed by atoms with van der Waals surface area (Å²) >= 11 is 3.58. The van der Waals surface area contributed by atoms with Gasteiger partial charge in [0.2, 0.25) is 0 Å². The lowest BCUT2D eigenvalue weighted by molar-refractivity contribution is -0.136. The van der Waals surface area contributed by atoms with Crippen molar-refractivity contribution >= 4 is 27.7 Å². The quantitative estimate of drug-likeness (QED) is 0.728. The molecule has 1 aromatic rings. The number of methoxy groups -OCH3 is 3. The molecular weight excluding hydrogens is 414 g/mol. The first kappa shape index (κ1) is 19.5. The van der Waals surface area contributed by atoms with Crippen LogP contribution in [0.2, 0.25) is 0 Å². The molecule has 6 nitrogen and oxygen atoms in total. The number of ether oxygens (including phenoxy) is 3. The van der Waals surface area contributed by atoms with Gasteiger partial charge < -0.3 is 19.5 Å². The first-order chi connectivity index (χ1) is 12.9. The van der Waals surface area contributed by atoms with E-state index in [9.17, 15) is 9.59 Å². The Kier molecular flexibility index (Phi) is 5.60. The molecule has 3 rings (SSSR count). The van der Waals surface area contributed by atoms with Gasteiger partial charge in [0.1, 0.15) is 0 Å². The van der Waals surface area contributed by atoms with Gasteiger partial charge in [0.15, 0.2) is 17.3 Å². The Morgan fingerprint density at radius 2 is 1.81 bits per heavy atom. The summed E-state index contributed by atoms with van der Waals surface area (Å²) in [6, 6.07) is 3.59. The lowest BCUT2D eigenvalue weighted by atomic mass is 9.75. The highest BCUT2D eigenvalue weighted by atomic mass is 79.9. The van der Waals surface area contributed by atoms with Crippen LogP contribution >= 0.6 is 15.9 Å². The number of ketones is 1. The van der Waals surface area contributed by atoms with Crippen LogP contribution in [0.1, 0.15) is 37.7 Å². The summed E-state index contributed by atoms with van der Waals surface area (Å²) < 4.78 is 16.5. The minimum absolute atomic E-state index is 0.0457. The Morgan fingerprint density at radius 3 is 2.44 bits per heavy atom. The molecule has 0 aromatic heterocycles. The number of allylic oxidation sites excluding steroid dienone is 3. The molecule has 0 fully saturated rings. The molecule has 1 unspecified atom stereocenters. The highest BCUT2D eigenvalue weighted by molar-refractivity contribution is 9.10. The third-order valence-electron chi connectivity index (χ3n) is 5.00. The predicted octanol–water partition coefficient (Wildman–Crippen LogP) is 3.61. The molecule has 1 aliphatic heterocycles. The van der Waals surface area contributed by atoms with E-state index in [-0.39, 0.29) is 5.78 Å². The Hall–Kier alpha value is -2.28. The van der Waals surface area contributed by atoms with Crippen molar-refractivity contribution in [1.82, 2.24) is 5.32 Å². The van der Waals surface area contributed by atoms with Crippen LogP contribution in [0.15, 0.2) is 39.1 Å². The van der Waals surface area contributed by atoms with E-state index in [1.165, 1.54) is 7.11 Å². The van der Waals surface area contributed by atoms with Crippen molar-refractivity contribution in [2.24, 2.45) is 0 Å². The summed E-state index contributed by atoms with van der Waals surface area (Å²) in [7, 11) is 4.45. The van der Waals surface area contributed by atoms with Crippen molar-refractivity contribution in [2.45, 2.75) is 32.1 Å². The third-order valence-corrected chi connectivity index (χ3v) is 5.68. The highest BCUT2D eigenvalue weighted by Gasteiger charge is 2.40. The maximum Gasteiger partial charge on any atom is 0.336 e. The summed E-state index contributed by atoms with van der Waals surface area (Å²) in [5, 5.41) is 3.25. The minimum Gasteiger partial charge on any atom is -0.493 e. The summed E-state index contributed by atoms with van der Waals surface area (Å²) in [4.78, 5) is 25.4. The van der Waals surface area contributed by atoms with Crippen LogP contribution < -0.4 is 14.8 Å². The summed E-state index contributed by atoms with van der Waals surface area (Å²) in [5.41, 5.74) is 3.39. The number of dihydropyridines is 1. The van der Waals surface area contributed by atoms with Crippen molar-refractivity contribution in [3.05, 3.63) is 44.7 Å². The summed E-state index contributed by atoms with van der Waals surface area (Å²) in [5.74, 6) is 0.143. The second kappa shape index (κ2) is 7.76. The van der Waals surface area contributed by atoms with Crippen molar-refractivity contribution in [2.75, 3.05) is 21.3 Å². The lowest BCUT2D eigenvalue weighted by Crippen LogP contribution is -2.34. The van der Waals surface area contributed by atoms with Gasteiger partial charge in [-0.15, -0.1) is 0 Å². The van der Waals surface area contributed by atoms with Gasteiger partial charge in [-0.05, 0) is 37.5 Å². The summed E-state index contributed by atoms with van der Waals surface area (Å²) in [6.07, 6.45) is 2.04. The number of benzene rings is 1. The molecule has 0 saturated heterocycles. The van der Waals surface area contributed by atoms with E-state index in [2.05, 4.69) is 21.2 Å². The fourth-order valence-electron chi connectivity index (χ4n) is 3.77. The van der Waals surface area contributed by atoms with E-state index < -0.39 is 11.9 Å². The molecule has 7 heteroatoms. The SMILES string of the molecule is COC(=O)C1=C(C)NC2=C(C(=O)CCC2)C1c1cc(OC)c(OC)cc1Br. The molecule has 1 N–H and O–H groups in total. The van der Waals surface area contributed by atoms with Crippen LogP contribution in [0.3, 0.4) is 0 Å². The monoisotopic (exact) mass is 435 g/mol. The molecule has 0 radical (unpaired) electrons. The molecule has 1 aromatic carbocycles. The molecule has 1 atom stereocenters. The molecule has 2 aliphatic rings. The number of hydrogen-bond donors (Lipinski definition) is 1. The Balaban J connectivity index is 2.27. The van der Waals surface area contributed by atoms with E-state index in [1.54, 1.807) is 20.3 Å². The van der Waals surface area contributed by atoms with Crippen LogP contribution in [0.5, 0.6) is 11.5 Å². The van der Waals surface area contributed by atoms with Crippen LogP contribution in [0.25, 0.3) is 0 Å². The van der Waals surface area contributed by atoms with Crippen molar-refractivity contribution in [3.63, 3.8) is 0 Å². The molecule has 0 bridgehead atoms. The minimum atomic E-state index is -0.532. The predicted molar refractivity (Wildman–Crippen MR) is 104 cm³/mol. The average Bonchev–Trinajstić information content (AvgIpc) is 2.66. The number of carbonyl (C=O) groups is 2. The number of rotatable bonds is 4. The standard InChI is InChI=1S/C20H22BrNO5/c1-10-17(20(24)27-4)18(19-13(22-10)6-5-7-14(19)23)11-8-15(25-2)16(26-3)9-12(11)21/h8-9,18,22H,5-7H2,1-4H3. The molecule has 144 valence electrons. The number of halogens is 1. The highest BCUT2D eigenvalue weighted by Crippen LogP contribution is 2.47. The second-order valence-corrected chi connectivity index (χ2v) is 7.34. The van der Waals surface area contributed by atoms with Gasteiger partial charge >= 0.3 is 5.97 Å². The van der Waals surface area contributed by atoms with E-state index in [0.717, 1.165) is 28.6 Å². The molecule has 1 aliphatic carbocycles. The normalized spacial score (nSPS) is 19.4. The molecular formula is C20H22BrNO5. The fraction of sp³-hybridized carbons (Fsp3) is 0.400. The van der Waals surface area contributed by atoms with Gasteiger partial charge in [0.05, 0.1) is 26.9 Å². The third kappa shape index (κ3) is 3.36. The van der Waals surface area contributed by atoms with Crippen LogP contribution in [-0.2, 0) is 14.3 Å². The van der Waals surface area contributed by atoms with Crippen molar-refractivity contribution in [3.8, 4) is 11.5 Å². The van der Waals surface area contributed by atoms with Crippen LogP contribution in [-0.4, -0.2) is 33.1 Å². The van der Waals surface area contributed by atoms with E-state index in [4.69, 9.17) is 14.2 Å².